The minimum absolute atomic E-state index is 0.00201. The number of hydrogen-bond acceptors (Lipinski definition) is 3. The zero-order valence-corrected chi connectivity index (χ0v) is 13.8. The number of halogens is 3. The molecule has 1 aromatic carbocycles. The van der Waals surface area contributed by atoms with Crippen molar-refractivity contribution in [3.63, 3.8) is 0 Å². The van der Waals surface area contributed by atoms with Crippen molar-refractivity contribution >= 4 is 16.9 Å². The van der Waals surface area contributed by atoms with E-state index in [-0.39, 0.29) is 35.0 Å². The highest BCUT2D eigenvalue weighted by molar-refractivity contribution is 6.07. The van der Waals surface area contributed by atoms with E-state index >= 15 is 0 Å². The number of phenolic OH excluding ortho intramolecular Hbond substituents is 1. The van der Waals surface area contributed by atoms with Gasteiger partial charge in [-0.25, -0.2) is 4.79 Å². The summed E-state index contributed by atoms with van der Waals surface area (Å²) in [7, 11) is 5.01. The van der Waals surface area contributed by atoms with Gasteiger partial charge in [0.2, 0.25) is 0 Å². The molecule has 132 valence electrons. The number of fused-ring (bicyclic) bond motifs is 1. The molecule has 2 N–H and O–H groups in total. The van der Waals surface area contributed by atoms with E-state index < -0.39 is 23.5 Å². The molecular formula is C16H19F3N2O3. The fourth-order valence-electron chi connectivity index (χ4n) is 2.99. The second-order valence-electron chi connectivity index (χ2n) is 5.92. The lowest BCUT2D eigenvalue weighted by Gasteiger charge is -2.14. The van der Waals surface area contributed by atoms with Gasteiger partial charge in [-0.1, -0.05) is 6.92 Å². The van der Waals surface area contributed by atoms with Crippen LogP contribution in [0.5, 0.6) is 5.75 Å². The number of aromatic nitrogens is 1. The summed E-state index contributed by atoms with van der Waals surface area (Å²) in [5, 5.41) is 19.8. The summed E-state index contributed by atoms with van der Waals surface area (Å²) in [5.74, 6) is -2.13. The third-order valence-corrected chi connectivity index (χ3v) is 4.02. The molecule has 0 spiro atoms. The van der Waals surface area contributed by atoms with E-state index in [1.54, 1.807) is 25.9 Å². The van der Waals surface area contributed by atoms with Gasteiger partial charge in [-0.15, -0.1) is 0 Å². The van der Waals surface area contributed by atoms with Crippen LogP contribution in [0.1, 0.15) is 34.1 Å². The number of phenols is 1. The number of rotatable bonds is 4. The second kappa shape index (κ2) is 6.01. The van der Waals surface area contributed by atoms with Gasteiger partial charge in [-0.05, 0) is 26.6 Å². The van der Waals surface area contributed by atoms with Crippen LogP contribution in [0.25, 0.3) is 10.9 Å². The smallest absolute Gasteiger partial charge is 0.420 e. The molecule has 0 unspecified atom stereocenters. The average Bonchev–Trinajstić information content (AvgIpc) is 2.69. The first-order valence-electron chi connectivity index (χ1n) is 7.31. The van der Waals surface area contributed by atoms with Crippen molar-refractivity contribution in [2.24, 2.45) is 7.05 Å². The summed E-state index contributed by atoms with van der Waals surface area (Å²) in [4.78, 5) is 13.5. The van der Waals surface area contributed by atoms with Crippen molar-refractivity contribution in [1.29, 1.82) is 0 Å². The van der Waals surface area contributed by atoms with Crippen molar-refractivity contribution in [2.75, 3.05) is 14.1 Å². The molecule has 5 nitrogen and oxygen atoms in total. The zero-order valence-electron chi connectivity index (χ0n) is 13.8. The van der Waals surface area contributed by atoms with E-state index in [1.165, 1.54) is 11.6 Å². The van der Waals surface area contributed by atoms with E-state index in [9.17, 15) is 28.2 Å². The first-order valence-corrected chi connectivity index (χ1v) is 7.31. The van der Waals surface area contributed by atoms with E-state index in [0.717, 1.165) is 6.07 Å². The minimum Gasteiger partial charge on any atom is -0.507 e. The van der Waals surface area contributed by atoms with Crippen LogP contribution in [-0.4, -0.2) is 39.7 Å². The van der Waals surface area contributed by atoms with E-state index in [1.807, 2.05) is 0 Å². The Labute approximate surface area is 136 Å². The third-order valence-electron chi connectivity index (χ3n) is 4.02. The van der Waals surface area contributed by atoms with Gasteiger partial charge in [0.05, 0.1) is 16.6 Å². The molecule has 0 atom stereocenters. The van der Waals surface area contributed by atoms with Gasteiger partial charge in [0.1, 0.15) is 5.75 Å². The van der Waals surface area contributed by atoms with Crippen LogP contribution in [0.3, 0.4) is 0 Å². The lowest BCUT2D eigenvalue weighted by Crippen LogP contribution is -2.16. The first-order chi connectivity index (χ1) is 11.0. The molecular weight excluding hydrogens is 325 g/mol. The molecule has 2 aromatic rings. The SMILES string of the molecule is CCc1c(O)c(C(F)(F)F)cc2c1c(C(=O)O)c(CN(C)C)n2C. The van der Waals surface area contributed by atoms with Gasteiger partial charge < -0.3 is 19.7 Å². The molecule has 0 saturated heterocycles. The maximum atomic E-state index is 13.2. The molecule has 0 aliphatic rings. The normalized spacial score (nSPS) is 12.3. The highest BCUT2D eigenvalue weighted by Gasteiger charge is 2.37. The topological polar surface area (TPSA) is 65.7 Å². The van der Waals surface area contributed by atoms with Gasteiger partial charge >= 0.3 is 12.1 Å². The number of carboxylic acids is 1. The summed E-state index contributed by atoms with van der Waals surface area (Å²) in [6, 6.07) is 0.815. The van der Waals surface area contributed by atoms with Crippen LogP contribution in [-0.2, 0) is 26.2 Å². The summed E-state index contributed by atoms with van der Waals surface area (Å²) in [6.45, 7) is 1.83. The van der Waals surface area contributed by atoms with Gasteiger partial charge in [0.25, 0.3) is 0 Å². The van der Waals surface area contributed by atoms with Crippen LogP contribution in [0.2, 0.25) is 0 Å². The van der Waals surface area contributed by atoms with E-state index in [0.29, 0.717) is 5.69 Å². The van der Waals surface area contributed by atoms with Crippen LogP contribution in [0.4, 0.5) is 13.2 Å². The fraction of sp³-hybridized carbons (Fsp3) is 0.438. The van der Waals surface area contributed by atoms with Gasteiger partial charge in [-0.3, -0.25) is 0 Å². The van der Waals surface area contributed by atoms with Crippen LogP contribution >= 0.6 is 0 Å². The monoisotopic (exact) mass is 344 g/mol. The molecule has 0 aliphatic carbocycles. The predicted octanol–water partition coefficient (Wildman–Crippen LogP) is 3.22. The quantitative estimate of drug-likeness (QED) is 0.894. The Morgan fingerprint density at radius 2 is 1.92 bits per heavy atom. The molecule has 8 heteroatoms. The number of alkyl halides is 3. The number of aromatic hydroxyl groups is 1. The Morgan fingerprint density at radius 1 is 1.33 bits per heavy atom. The number of aryl methyl sites for hydroxylation is 2. The van der Waals surface area contributed by atoms with Crippen molar-refractivity contribution in [3.05, 3.63) is 28.5 Å². The molecule has 0 bridgehead atoms. The first kappa shape index (κ1) is 18.1. The number of aromatic carboxylic acids is 1. The summed E-state index contributed by atoms with van der Waals surface area (Å²) in [6.07, 6.45) is -4.64. The molecule has 0 amide bonds. The number of carboxylic acid groups (broad SMARTS) is 1. The lowest BCUT2D eigenvalue weighted by molar-refractivity contribution is -0.138. The maximum Gasteiger partial charge on any atom is 0.420 e. The zero-order chi connectivity index (χ0) is 18.4. The minimum atomic E-state index is -4.72. The van der Waals surface area contributed by atoms with Crippen molar-refractivity contribution < 1.29 is 28.2 Å². The summed E-state index contributed by atoms with van der Waals surface area (Å²) < 4.78 is 41.1. The molecule has 2 rings (SSSR count). The van der Waals surface area contributed by atoms with Crippen LogP contribution in [0, 0.1) is 0 Å². The Morgan fingerprint density at radius 3 is 2.33 bits per heavy atom. The molecule has 0 aliphatic heterocycles. The molecule has 1 aromatic heterocycles. The van der Waals surface area contributed by atoms with Crippen LogP contribution in [0.15, 0.2) is 6.07 Å². The fourth-order valence-corrected chi connectivity index (χ4v) is 2.99. The third kappa shape index (κ3) is 2.82. The van der Waals surface area contributed by atoms with Crippen molar-refractivity contribution in [2.45, 2.75) is 26.1 Å². The lowest BCUT2D eigenvalue weighted by atomic mass is 9.98. The molecule has 0 radical (unpaired) electrons. The largest absolute Gasteiger partial charge is 0.507 e. The predicted molar refractivity (Wildman–Crippen MR) is 83.3 cm³/mol. The standard InChI is InChI=1S/C16H19F3N2O3/c1-5-8-12-10(6-9(14(8)22)16(17,18)19)21(4)11(7-20(2)3)13(12)15(23)24/h6,22H,5,7H2,1-4H3,(H,23,24). The van der Waals surface area contributed by atoms with Crippen molar-refractivity contribution in [1.82, 2.24) is 9.47 Å². The summed E-state index contributed by atoms with van der Waals surface area (Å²) >= 11 is 0. The Balaban J connectivity index is 3.01. The maximum absolute atomic E-state index is 13.2. The highest BCUT2D eigenvalue weighted by Crippen LogP contribution is 2.43. The van der Waals surface area contributed by atoms with Gasteiger partial charge in [0.15, 0.2) is 0 Å². The average molecular weight is 344 g/mol. The van der Waals surface area contributed by atoms with Gasteiger partial charge in [-0.2, -0.15) is 13.2 Å². The second-order valence-corrected chi connectivity index (χ2v) is 5.92. The van der Waals surface area contributed by atoms with E-state index in [4.69, 9.17) is 0 Å². The molecule has 0 saturated carbocycles. The number of hydrogen-bond donors (Lipinski definition) is 2. The summed E-state index contributed by atoms with van der Waals surface area (Å²) in [5.41, 5.74) is -0.692. The number of carbonyl (C=O) groups is 1. The van der Waals surface area contributed by atoms with Crippen LogP contribution < -0.4 is 0 Å². The highest BCUT2D eigenvalue weighted by atomic mass is 19.4. The molecule has 1 heterocycles. The number of nitrogens with zero attached hydrogens (tertiary/aromatic N) is 2. The molecule has 0 fully saturated rings. The Kier molecular flexibility index (Phi) is 4.54. The Hall–Kier alpha value is -2.22. The van der Waals surface area contributed by atoms with Crippen molar-refractivity contribution in [3.8, 4) is 5.75 Å². The van der Waals surface area contributed by atoms with E-state index in [2.05, 4.69) is 0 Å². The Bertz CT molecular complexity index is 807. The number of benzene rings is 1. The molecule has 24 heavy (non-hydrogen) atoms. The van der Waals surface area contributed by atoms with Gasteiger partial charge in [0, 0.05) is 30.2 Å².